The highest BCUT2D eigenvalue weighted by Crippen LogP contribution is 2.04. The van der Waals surface area contributed by atoms with Crippen LogP contribution in [0.4, 0.5) is 0 Å². The summed E-state index contributed by atoms with van der Waals surface area (Å²) in [4.78, 5) is 2.35. The molecule has 2 rings (SSSR count). The van der Waals surface area contributed by atoms with Gasteiger partial charge in [0.05, 0.1) is 0 Å². The number of hydrogen-bond donors (Lipinski definition) is 0. The van der Waals surface area contributed by atoms with Crippen molar-refractivity contribution in [1.29, 1.82) is 0 Å². The number of nitrogens with zero attached hydrogens (tertiary/aromatic N) is 3. The maximum Gasteiger partial charge on any atom is 0.0488 e. The van der Waals surface area contributed by atoms with E-state index in [1.54, 1.807) is 0 Å². The van der Waals surface area contributed by atoms with E-state index in [0.717, 1.165) is 32.6 Å². The topological polar surface area (TPSA) is 18.8 Å². The summed E-state index contributed by atoms with van der Waals surface area (Å²) in [6.07, 6.45) is 0.952. The van der Waals surface area contributed by atoms with Gasteiger partial charge in [-0.05, 0) is 19.5 Å². The molecule has 1 heterocycles. The SMILES string of the molecule is C/C(Cc1ccccc1)=N/N1CCN(C)CC1. The van der Waals surface area contributed by atoms with Crippen LogP contribution in [0.2, 0.25) is 0 Å². The third-order valence-corrected chi connectivity index (χ3v) is 3.09. The van der Waals surface area contributed by atoms with Crippen molar-refractivity contribution in [3.8, 4) is 0 Å². The molecule has 0 saturated carbocycles. The second-order valence-corrected chi connectivity index (χ2v) is 4.75. The van der Waals surface area contributed by atoms with Gasteiger partial charge in [-0.3, -0.25) is 5.01 Å². The van der Waals surface area contributed by atoms with Gasteiger partial charge in [-0.25, -0.2) is 0 Å². The van der Waals surface area contributed by atoms with Crippen molar-refractivity contribution in [3.05, 3.63) is 35.9 Å². The molecule has 0 aromatic heterocycles. The Kier molecular flexibility index (Phi) is 4.15. The van der Waals surface area contributed by atoms with Crippen LogP contribution in [0.3, 0.4) is 0 Å². The summed E-state index contributed by atoms with van der Waals surface area (Å²) < 4.78 is 0. The summed E-state index contributed by atoms with van der Waals surface area (Å²) in [6.45, 7) is 6.43. The zero-order valence-electron chi connectivity index (χ0n) is 10.8. The molecule has 0 bridgehead atoms. The second kappa shape index (κ2) is 5.82. The molecule has 0 unspecified atom stereocenters. The molecule has 17 heavy (non-hydrogen) atoms. The monoisotopic (exact) mass is 231 g/mol. The highest BCUT2D eigenvalue weighted by Gasteiger charge is 2.11. The molecule has 1 aromatic rings. The zero-order valence-corrected chi connectivity index (χ0v) is 10.8. The van der Waals surface area contributed by atoms with E-state index in [4.69, 9.17) is 0 Å². The Balaban J connectivity index is 1.89. The highest BCUT2D eigenvalue weighted by atomic mass is 15.5. The van der Waals surface area contributed by atoms with Gasteiger partial charge in [-0.1, -0.05) is 30.3 Å². The Morgan fingerprint density at radius 2 is 1.76 bits per heavy atom. The van der Waals surface area contributed by atoms with Crippen molar-refractivity contribution < 1.29 is 0 Å². The van der Waals surface area contributed by atoms with Crippen LogP contribution in [-0.4, -0.2) is 48.8 Å². The quantitative estimate of drug-likeness (QED) is 0.739. The Hall–Kier alpha value is -1.35. The molecule has 1 aliphatic heterocycles. The third kappa shape index (κ3) is 3.86. The van der Waals surface area contributed by atoms with Gasteiger partial charge in [0.25, 0.3) is 0 Å². The molecule has 0 aliphatic carbocycles. The zero-order chi connectivity index (χ0) is 12.1. The number of piperazine rings is 1. The number of likely N-dealkylation sites (N-methyl/N-ethyl adjacent to an activating group) is 1. The van der Waals surface area contributed by atoms with Crippen molar-refractivity contribution in [2.75, 3.05) is 33.2 Å². The Morgan fingerprint density at radius 3 is 2.41 bits per heavy atom. The minimum absolute atomic E-state index is 0.952. The van der Waals surface area contributed by atoms with Crippen LogP contribution < -0.4 is 0 Å². The number of rotatable bonds is 3. The summed E-state index contributed by atoms with van der Waals surface area (Å²) in [5, 5.41) is 6.88. The maximum atomic E-state index is 4.69. The molecule has 0 spiro atoms. The van der Waals surface area contributed by atoms with Crippen LogP contribution in [0, 0.1) is 0 Å². The molecule has 92 valence electrons. The van der Waals surface area contributed by atoms with Gasteiger partial charge < -0.3 is 4.90 Å². The molecule has 1 aliphatic rings. The predicted molar refractivity (Wildman–Crippen MR) is 72.3 cm³/mol. The van der Waals surface area contributed by atoms with Crippen LogP contribution in [0.25, 0.3) is 0 Å². The van der Waals surface area contributed by atoms with Crippen molar-refractivity contribution in [2.45, 2.75) is 13.3 Å². The van der Waals surface area contributed by atoms with E-state index in [1.165, 1.54) is 11.3 Å². The van der Waals surface area contributed by atoms with Crippen molar-refractivity contribution in [3.63, 3.8) is 0 Å². The first kappa shape index (κ1) is 12.1. The van der Waals surface area contributed by atoms with Gasteiger partial charge in [-0.15, -0.1) is 0 Å². The minimum atomic E-state index is 0.952. The van der Waals surface area contributed by atoms with Gasteiger partial charge in [0, 0.05) is 38.3 Å². The van der Waals surface area contributed by atoms with E-state index in [-0.39, 0.29) is 0 Å². The molecule has 1 fully saturated rings. The van der Waals surface area contributed by atoms with Gasteiger partial charge in [0.1, 0.15) is 0 Å². The molecule has 0 atom stereocenters. The van der Waals surface area contributed by atoms with E-state index in [1.807, 2.05) is 0 Å². The summed E-state index contributed by atoms with van der Waals surface area (Å²) in [7, 11) is 2.16. The van der Waals surface area contributed by atoms with Crippen LogP contribution in [0.5, 0.6) is 0 Å². The number of hydrazone groups is 1. The standard InChI is InChI=1S/C14H21N3/c1-13(12-14-6-4-3-5-7-14)15-17-10-8-16(2)9-11-17/h3-7H,8-12H2,1-2H3/b15-13-. The van der Waals surface area contributed by atoms with E-state index in [9.17, 15) is 0 Å². The average molecular weight is 231 g/mol. The molecule has 0 N–H and O–H groups in total. The van der Waals surface area contributed by atoms with Crippen LogP contribution in [0.1, 0.15) is 12.5 Å². The lowest BCUT2D eigenvalue weighted by atomic mass is 10.1. The molecular weight excluding hydrogens is 210 g/mol. The fraction of sp³-hybridized carbons (Fsp3) is 0.500. The van der Waals surface area contributed by atoms with E-state index < -0.39 is 0 Å². The number of benzene rings is 1. The summed E-state index contributed by atoms with van der Waals surface area (Å²) in [5.41, 5.74) is 2.53. The highest BCUT2D eigenvalue weighted by molar-refractivity contribution is 5.83. The van der Waals surface area contributed by atoms with Crippen LogP contribution in [0.15, 0.2) is 35.4 Å². The Morgan fingerprint density at radius 1 is 1.12 bits per heavy atom. The number of hydrogen-bond acceptors (Lipinski definition) is 3. The second-order valence-electron chi connectivity index (χ2n) is 4.75. The fourth-order valence-corrected chi connectivity index (χ4v) is 2.06. The van der Waals surface area contributed by atoms with Crippen molar-refractivity contribution in [2.24, 2.45) is 5.10 Å². The largest absolute Gasteiger partial charge is 0.303 e. The molecule has 3 heteroatoms. The van der Waals surface area contributed by atoms with Gasteiger partial charge in [0.15, 0.2) is 0 Å². The van der Waals surface area contributed by atoms with E-state index >= 15 is 0 Å². The Labute approximate surface area is 104 Å². The molecule has 0 radical (unpaired) electrons. The summed E-state index contributed by atoms with van der Waals surface area (Å²) >= 11 is 0. The molecule has 1 aromatic carbocycles. The van der Waals surface area contributed by atoms with Gasteiger partial charge in [-0.2, -0.15) is 5.10 Å². The predicted octanol–water partition coefficient (Wildman–Crippen LogP) is 1.85. The van der Waals surface area contributed by atoms with Crippen molar-refractivity contribution >= 4 is 5.71 Å². The van der Waals surface area contributed by atoms with E-state index in [2.05, 4.69) is 59.3 Å². The minimum Gasteiger partial charge on any atom is -0.303 e. The third-order valence-electron chi connectivity index (χ3n) is 3.09. The van der Waals surface area contributed by atoms with Crippen LogP contribution >= 0.6 is 0 Å². The fourth-order valence-electron chi connectivity index (χ4n) is 2.06. The first-order chi connectivity index (χ1) is 8.24. The Bertz CT molecular complexity index is 364. The molecule has 3 nitrogen and oxygen atoms in total. The first-order valence-electron chi connectivity index (χ1n) is 6.25. The molecule has 1 saturated heterocycles. The summed E-state index contributed by atoms with van der Waals surface area (Å²) in [5.74, 6) is 0. The molecule has 0 amide bonds. The smallest absolute Gasteiger partial charge is 0.0488 e. The van der Waals surface area contributed by atoms with E-state index in [0.29, 0.717) is 0 Å². The maximum absolute atomic E-state index is 4.69. The lowest BCUT2D eigenvalue weighted by Gasteiger charge is -2.30. The van der Waals surface area contributed by atoms with Crippen molar-refractivity contribution in [1.82, 2.24) is 9.91 Å². The first-order valence-corrected chi connectivity index (χ1v) is 6.25. The van der Waals surface area contributed by atoms with Gasteiger partial charge in [0.2, 0.25) is 0 Å². The van der Waals surface area contributed by atoms with Crippen LogP contribution in [-0.2, 0) is 6.42 Å². The lowest BCUT2D eigenvalue weighted by Crippen LogP contribution is -2.42. The summed E-state index contributed by atoms with van der Waals surface area (Å²) in [6, 6.07) is 10.5. The normalized spacial score (nSPS) is 18.5. The average Bonchev–Trinajstić information content (AvgIpc) is 2.33. The van der Waals surface area contributed by atoms with Gasteiger partial charge >= 0.3 is 0 Å². The molecular formula is C14H21N3. The lowest BCUT2D eigenvalue weighted by molar-refractivity contribution is 0.158.